The molecule has 0 bridgehead atoms. The number of methoxy groups -OCH3 is 1. The van der Waals surface area contributed by atoms with Gasteiger partial charge >= 0.3 is 6.03 Å². The summed E-state index contributed by atoms with van der Waals surface area (Å²) in [4.78, 5) is 37.7. The van der Waals surface area contributed by atoms with Gasteiger partial charge in [-0.25, -0.2) is 9.80 Å². The summed E-state index contributed by atoms with van der Waals surface area (Å²) in [5.41, 5.74) is 2.53. The van der Waals surface area contributed by atoms with Crippen molar-refractivity contribution < 1.29 is 19.1 Å². The zero-order valence-corrected chi connectivity index (χ0v) is 17.8. The van der Waals surface area contributed by atoms with Gasteiger partial charge in [-0.3, -0.25) is 14.5 Å². The summed E-state index contributed by atoms with van der Waals surface area (Å²) >= 11 is 3.46. The molecule has 2 aromatic carbocycles. The van der Waals surface area contributed by atoms with Crippen molar-refractivity contribution in [2.75, 3.05) is 20.2 Å². The van der Waals surface area contributed by atoms with E-state index in [1.807, 2.05) is 48.5 Å². The predicted molar refractivity (Wildman–Crippen MR) is 113 cm³/mol. The standard InChI is InChI=1S/C21H19BrN4O4/c1-30-16-7-5-13(6-8-16)18-10-17(14-3-2-4-15(22)9-14)24-26(18)20(28)12-25-19(27)11-23-21(25)29/h2-9,18H,10-12H2,1H3,(H,23,29). The molecule has 4 rings (SSSR count). The summed E-state index contributed by atoms with van der Waals surface area (Å²) < 4.78 is 6.13. The predicted octanol–water partition coefficient (Wildman–Crippen LogP) is 2.69. The number of hydrogen-bond donors (Lipinski definition) is 1. The van der Waals surface area contributed by atoms with Crippen LogP contribution in [0.1, 0.15) is 23.6 Å². The second-order valence-corrected chi connectivity index (χ2v) is 7.84. The minimum atomic E-state index is -0.565. The molecule has 0 radical (unpaired) electrons. The normalized spacial score (nSPS) is 18.5. The summed E-state index contributed by atoms with van der Waals surface area (Å²) in [5.74, 6) is -0.141. The Hall–Kier alpha value is -3.20. The topological polar surface area (TPSA) is 91.3 Å². The van der Waals surface area contributed by atoms with Crippen molar-refractivity contribution in [3.8, 4) is 5.75 Å². The van der Waals surface area contributed by atoms with Crippen LogP contribution in [0, 0.1) is 0 Å². The van der Waals surface area contributed by atoms with E-state index >= 15 is 0 Å². The maximum absolute atomic E-state index is 13.1. The first kappa shape index (κ1) is 20.1. The molecule has 2 aliphatic heterocycles. The van der Waals surface area contributed by atoms with Crippen LogP contribution in [0.2, 0.25) is 0 Å². The average Bonchev–Trinajstić information content (AvgIpc) is 3.33. The number of carbonyl (C=O) groups excluding carboxylic acids is 3. The Morgan fingerprint density at radius 1 is 1.23 bits per heavy atom. The first-order chi connectivity index (χ1) is 14.5. The Balaban J connectivity index is 1.64. The third-order valence-corrected chi connectivity index (χ3v) is 5.55. The van der Waals surface area contributed by atoms with Gasteiger partial charge in [0, 0.05) is 10.9 Å². The second-order valence-electron chi connectivity index (χ2n) is 6.93. The van der Waals surface area contributed by atoms with Gasteiger partial charge in [-0.2, -0.15) is 5.10 Å². The van der Waals surface area contributed by atoms with Crippen LogP contribution in [0.25, 0.3) is 0 Å². The fourth-order valence-corrected chi connectivity index (χ4v) is 3.89. The Morgan fingerprint density at radius 2 is 2.00 bits per heavy atom. The van der Waals surface area contributed by atoms with E-state index in [4.69, 9.17) is 4.74 Å². The number of ether oxygens (including phenoxy) is 1. The zero-order valence-electron chi connectivity index (χ0n) is 16.2. The molecule has 1 fully saturated rings. The van der Waals surface area contributed by atoms with E-state index in [9.17, 15) is 14.4 Å². The van der Waals surface area contributed by atoms with E-state index < -0.39 is 17.8 Å². The lowest BCUT2D eigenvalue weighted by atomic mass is 9.98. The number of hydrazone groups is 1. The lowest BCUT2D eigenvalue weighted by molar-refractivity contribution is -0.137. The molecule has 30 heavy (non-hydrogen) atoms. The van der Waals surface area contributed by atoms with Gasteiger partial charge in [-0.1, -0.05) is 40.2 Å². The number of hydrogen-bond acceptors (Lipinski definition) is 5. The highest BCUT2D eigenvalue weighted by molar-refractivity contribution is 9.10. The van der Waals surface area contributed by atoms with Crippen molar-refractivity contribution in [2.45, 2.75) is 12.5 Å². The Morgan fingerprint density at radius 3 is 2.63 bits per heavy atom. The Labute approximate surface area is 181 Å². The first-order valence-electron chi connectivity index (χ1n) is 9.34. The number of carbonyl (C=O) groups is 3. The zero-order chi connectivity index (χ0) is 21.3. The number of halogens is 1. The van der Waals surface area contributed by atoms with Crippen LogP contribution in [-0.4, -0.2) is 53.7 Å². The number of imide groups is 1. The number of urea groups is 1. The van der Waals surface area contributed by atoms with Crippen molar-refractivity contribution in [2.24, 2.45) is 5.10 Å². The van der Waals surface area contributed by atoms with E-state index in [-0.39, 0.29) is 19.1 Å². The monoisotopic (exact) mass is 470 g/mol. The van der Waals surface area contributed by atoms with Crippen LogP contribution in [0.3, 0.4) is 0 Å². The molecule has 0 aromatic heterocycles. The molecule has 154 valence electrons. The van der Waals surface area contributed by atoms with Crippen LogP contribution in [0.15, 0.2) is 58.1 Å². The highest BCUT2D eigenvalue weighted by Gasteiger charge is 2.37. The molecule has 0 aliphatic carbocycles. The van der Waals surface area contributed by atoms with Gasteiger partial charge in [0.1, 0.15) is 12.3 Å². The Kier molecular flexibility index (Phi) is 5.54. The molecule has 1 unspecified atom stereocenters. The van der Waals surface area contributed by atoms with Gasteiger partial charge < -0.3 is 10.1 Å². The van der Waals surface area contributed by atoms with E-state index in [1.165, 1.54) is 5.01 Å². The number of nitrogens with one attached hydrogen (secondary N) is 1. The summed E-state index contributed by atoms with van der Waals surface area (Å²) in [6.07, 6.45) is 0.509. The molecule has 0 spiro atoms. The average molecular weight is 471 g/mol. The number of nitrogens with zero attached hydrogens (tertiary/aromatic N) is 3. The van der Waals surface area contributed by atoms with Crippen LogP contribution in [-0.2, 0) is 9.59 Å². The van der Waals surface area contributed by atoms with Gasteiger partial charge in [0.2, 0.25) is 0 Å². The van der Waals surface area contributed by atoms with Crippen LogP contribution < -0.4 is 10.1 Å². The van der Waals surface area contributed by atoms with Crippen molar-refractivity contribution in [1.29, 1.82) is 0 Å². The summed E-state index contributed by atoms with van der Waals surface area (Å²) in [6.45, 7) is -0.451. The third kappa shape index (κ3) is 3.93. The van der Waals surface area contributed by atoms with E-state index in [2.05, 4.69) is 26.3 Å². The molecule has 1 N–H and O–H groups in total. The molecule has 2 aliphatic rings. The lowest BCUT2D eigenvalue weighted by Gasteiger charge is -2.23. The summed E-state index contributed by atoms with van der Waals surface area (Å²) in [7, 11) is 1.59. The van der Waals surface area contributed by atoms with E-state index in [0.29, 0.717) is 12.2 Å². The molecule has 1 saturated heterocycles. The molecule has 2 aromatic rings. The highest BCUT2D eigenvalue weighted by atomic mass is 79.9. The van der Waals surface area contributed by atoms with Gasteiger partial charge in [0.05, 0.1) is 25.4 Å². The number of amides is 4. The number of benzene rings is 2. The van der Waals surface area contributed by atoms with Gasteiger partial charge in [0.15, 0.2) is 0 Å². The second kappa shape index (κ2) is 8.27. The molecule has 1 atom stereocenters. The largest absolute Gasteiger partial charge is 0.497 e. The summed E-state index contributed by atoms with van der Waals surface area (Å²) in [6, 6.07) is 14.2. The highest BCUT2D eigenvalue weighted by Crippen LogP contribution is 2.34. The maximum atomic E-state index is 13.1. The van der Waals surface area contributed by atoms with Crippen LogP contribution in [0.4, 0.5) is 4.79 Å². The molecule has 4 amide bonds. The van der Waals surface area contributed by atoms with E-state index in [1.54, 1.807) is 7.11 Å². The minimum Gasteiger partial charge on any atom is -0.497 e. The lowest BCUT2D eigenvalue weighted by Crippen LogP contribution is -2.41. The van der Waals surface area contributed by atoms with Crippen molar-refractivity contribution in [1.82, 2.24) is 15.2 Å². The van der Waals surface area contributed by atoms with Crippen LogP contribution in [0.5, 0.6) is 5.75 Å². The quantitative estimate of drug-likeness (QED) is 0.679. The fourth-order valence-electron chi connectivity index (χ4n) is 3.49. The molecule has 8 nitrogen and oxygen atoms in total. The molecular weight excluding hydrogens is 452 g/mol. The molecule has 0 saturated carbocycles. The van der Waals surface area contributed by atoms with Crippen molar-refractivity contribution >= 4 is 39.5 Å². The smallest absolute Gasteiger partial charge is 0.325 e. The van der Waals surface area contributed by atoms with Crippen LogP contribution >= 0.6 is 15.9 Å². The minimum absolute atomic E-state index is 0.0966. The molecule has 9 heteroatoms. The van der Waals surface area contributed by atoms with Gasteiger partial charge in [-0.05, 0) is 35.4 Å². The fraction of sp³-hybridized carbons (Fsp3) is 0.238. The van der Waals surface area contributed by atoms with Crippen molar-refractivity contribution in [3.63, 3.8) is 0 Å². The number of rotatable bonds is 5. The van der Waals surface area contributed by atoms with Gasteiger partial charge in [-0.15, -0.1) is 0 Å². The first-order valence-corrected chi connectivity index (χ1v) is 10.1. The summed E-state index contributed by atoms with van der Waals surface area (Å²) in [5, 5.41) is 8.37. The van der Waals surface area contributed by atoms with Gasteiger partial charge in [0.25, 0.3) is 11.8 Å². The Bertz CT molecular complexity index is 1020. The SMILES string of the molecule is COc1ccc(C2CC(c3cccc(Br)c3)=NN2C(=O)CN2C(=O)CNC2=O)cc1. The van der Waals surface area contributed by atoms with Crippen molar-refractivity contribution in [3.05, 3.63) is 64.1 Å². The van der Waals surface area contributed by atoms with E-state index in [0.717, 1.165) is 26.2 Å². The molecule has 2 heterocycles. The maximum Gasteiger partial charge on any atom is 0.325 e. The third-order valence-electron chi connectivity index (χ3n) is 5.05. The molecular formula is C21H19BrN4O4.